The highest BCUT2D eigenvalue weighted by molar-refractivity contribution is 5.17. The Hall–Kier alpha value is -2.18. The maximum Gasteiger partial charge on any atom is 0.133 e. The molecule has 0 aromatic rings. The van der Waals surface area contributed by atoms with Gasteiger partial charge in [0.2, 0.25) is 0 Å². The van der Waals surface area contributed by atoms with Crippen LogP contribution in [0.4, 0.5) is 0 Å². The largest absolute Gasteiger partial charge is 0.380 e. The molecule has 0 aliphatic rings. The first-order chi connectivity index (χ1) is 16.5. The van der Waals surface area contributed by atoms with E-state index < -0.39 is 24.4 Å². The smallest absolute Gasteiger partial charge is 0.133 e. The van der Waals surface area contributed by atoms with Crippen LogP contribution in [0.5, 0.6) is 0 Å². The normalized spacial score (nSPS) is 14.1. The van der Waals surface area contributed by atoms with Gasteiger partial charge in [0.1, 0.15) is 24.4 Å². The Morgan fingerprint density at radius 3 is 1.18 bits per heavy atom. The Bertz CT molecular complexity index is 657. The van der Waals surface area contributed by atoms with E-state index in [9.17, 15) is 20.4 Å². The van der Waals surface area contributed by atoms with Crippen molar-refractivity contribution in [3.63, 3.8) is 0 Å². The summed E-state index contributed by atoms with van der Waals surface area (Å²) in [6, 6.07) is 0. The fraction of sp³-hybridized carbons (Fsp3) is 0.667. The molecular formula is C30H44O4. The fourth-order valence-corrected chi connectivity index (χ4v) is 3.34. The van der Waals surface area contributed by atoms with Crippen molar-refractivity contribution < 1.29 is 20.4 Å². The number of aliphatic hydroxyl groups excluding tert-OH is 4. The first-order valence-electron chi connectivity index (χ1n) is 12.8. The summed E-state index contributed by atoms with van der Waals surface area (Å²) in [4.78, 5) is 0. The predicted octanol–water partition coefficient (Wildman–Crippen LogP) is 4.50. The summed E-state index contributed by atoms with van der Waals surface area (Å²) in [6.45, 7) is 0. The fourth-order valence-electron chi connectivity index (χ4n) is 3.34. The van der Waals surface area contributed by atoms with Crippen molar-refractivity contribution in [3.8, 4) is 48.4 Å². The van der Waals surface area contributed by atoms with Crippen LogP contribution in [0.15, 0.2) is 12.2 Å². The SMILES string of the molecule is C#CC(O)CCCCCCCCC#CC(O)C=CC(O)C#CCCCCCCCCC(O)C#C. The molecule has 4 heteroatoms. The predicted molar refractivity (Wildman–Crippen MR) is 140 cm³/mol. The summed E-state index contributed by atoms with van der Waals surface area (Å²) in [5.74, 6) is 16.2. The molecule has 0 aromatic heterocycles. The van der Waals surface area contributed by atoms with Gasteiger partial charge < -0.3 is 20.4 Å². The van der Waals surface area contributed by atoms with Gasteiger partial charge in [0, 0.05) is 12.8 Å². The van der Waals surface area contributed by atoms with Crippen molar-refractivity contribution >= 4 is 0 Å². The maximum atomic E-state index is 9.86. The van der Waals surface area contributed by atoms with Crippen LogP contribution in [0, 0.1) is 48.4 Å². The number of terminal acetylenes is 2. The second kappa shape index (κ2) is 24.0. The lowest BCUT2D eigenvalue weighted by Crippen LogP contribution is -2.02. The molecule has 4 unspecified atom stereocenters. The Balaban J connectivity index is 3.69. The average Bonchev–Trinajstić information content (AvgIpc) is 2.84. The molecule has 0 saturated carbocycles. The molecular weight excluding hydrogens is 424 g/mol. The molecule has 4 atom stereocenters. The van der Waals surface area contributed by atoms with Gasteiger partial charge >= 0.3 is 0 Å². The van der Waals surface area contributed by atoms with Crippen LogP contribution < -0.4 is 0 Å². The van der Waals surface area contributed by atoms with Gasteiger partial charge in [0.25, 0.3) is 0 Å². The topological polar surface area (TPSA) is 80.9 Å². The summed E-state index contributed by atoms with van der Waals surface area (Å²) >= 11 is 0. The number of hydrogen-bond acceptors (Lipinski definition) is 4. The van der Waals surface area contributed by atoms with E-state index in [4.69, 9.17) is 12.8 Å². The second-order valence-electron chi connectivity index (χ2n) is 8.60. The Morgan fingerprint density at radius 1 is 0.500 bits per heavy atom. The van der Waals surface area contributed by atoms with Gasteiger partial charge in [0.15, 0.2) is 0 Å². The van der Waals surface area contributed by atoms with Gasteiger partial charge in [-0.25, -0.2) is 0 Å². The van der Waals surface area contributed by atoms with Crippen LogP contribution in [0.3, 0.4) is 0 Å². The van der Waals surface area contributed by atoms with Gasteiger partial charge in [-0.3, -0.25) is 0 Å². The molecule has 0 aliphatic heterocycles. The minimum Gasteiger partial charge on any atom is -0.380 e. The van der Waals surface area contributed by atoms with Crippen LogP contribution in [0.1, 0.15) is 103 Å². The van der Waals surface area contributed by atoms with Crippen molar-refractivity contribution in [2.24, 2.45) is 0 Å². The van der Waals surface area contributed by atoms with Crippen LogP contribution in [0.2, 0.25) is 0 Å². The third-order valence-corrected chi connectivity index (χ3v) is 5.42. The molecule has 0 saturated heterocycles. The Kier molecular flexibility index (Phi) is 22.4. The van der Waals surface area contributed by atoms with Crippen molar-refractivity contribution in [2.75, 3.05) is 0 Å². The van der Waals surface area contributed by atoms with Gasteiger partial charge in [-0.05, 0) is 50.7 Å². The summed E-state index contributed by atoms with van der Waals surface area (Å²) in [6.07, 6.45) is 25.9. The van der Waals surface area contributed by atoms with Gasteiger partial charge in [-0.2, -0.15) is 0 Å². The van der Waals surface area contributed by atoms with Gasteiger partial charge in [-0.15, -0.1) is 24.7 Å². The van der Waals surface area contributed by atoms with Crippen molar-refractivity contribution in [1.82, 2.24) is 0 Å². The van der Waals surface area contributed by atoms with Crippen molar-refractivity contribution in [3.05, 3.63) is 12.2 Å². The lowest BCUT2D eigenvalue weighted by molar-refractivity contribution is 0.217. The molecule has 0 aliphatic carbocycles. The number of rotatable bonds is 18. The molecule has 34 heavy (non-hydrogen) atoms. The van der Waals surface area contributed by atoms with E-state index >= 15 is 0 Å². The van der Waals surface area contributed by atoms with Crippen LogP contribution in [0.25, 0.3) is 0 Å². The highest BCUT2D eigenvalue weighted by Crippen LogP contribution is 2.10. The second-order valence-corrected chi connectivity index (χ2v) is 8.60. The number of unbranched alkanes of at least 4 members (excludes halogenated alkanes) is 12. The summed E-state index contributed by atoms with van der Waals surface area (Å²) in [5, 5.41) is 38.3. The van der Waals surface area contributed by atoms with Gasteiger partial charge in [-0.1, -0.05) is 75.0 Å². The highest BCUT2D eigenvalue weighted by atomic mass is 16.3. The Labute approximate surface area is 208 Å². The molecule has 0 rings (SSSR count). The van der Waals surface area contributed by atoms with Crippen LogP contribution in [-0.4, -0.2) is 44.8 Å². The minimum absolute atomic E-state index is 0.609. The van der Waals surface area contributed by atoms with E-state index in [-0.39, 0.29) is 0 Å². The standard InChI is InChI=1S/C30H44O4/c1-3-27(31)21-17-13-9-5-7-11-15-19-23-29(33)25-26-30(34)24-20-16-12-8-6-10-14-18-22-28(32)4-2/h1-2,25-34H,5-18,21-22H2. The molecule has 0 radical (unpaired) electrons. The Morgan fingerprint density at radius 2 is 0.824 bits per heavy atom. The van der Waals surface area contributed by atoms with E-state index in [1.165, 1.54) is 12.2 Å². The molecule has 0 amide bonds. The minimum atomic E-state index is -0.888. The molecule has 0 aromatic carbocycles. The third-order valence-electron chi connectivity index (χ3n) is 5.42. The summed E-state index contributed by atoms with van der Waals surface area (Å²) < 4.78 is 0. The summed E-state index contributed by atoms with van der Waals surface area (Å²) in [5.41, 5.74) is 0. The molecule has 4 N–H and O–H groups in total. The summed E-state index contributed by atoms with van der Waals surface area (Å²) in [7, 11) is 0. The molecule has 188 valence electrons. The van der Waals surface area contributed by atoms with E-state index in [1.807, 2.05) is 0 Å². The zero-order valence-corrected chi connectivity index (χ0v) is 20.7. The van der Waals surface area contributed by atoms with Crippen molar-refractivity contribution in [2.45, 2.75) is 127 Å². The van der Waals surface area contributed by atoms with E-state index in [2.05, 4.69) is 35.5 Å². The van der Waals surface area contributed by atoms with Gasteiger partial charge in [0.05, 0.1) is 0 Å². The quantitative estimate of drug-likeness (QED) is 0.136. The van der Waals surface area contributed by atoms with Crippen LogP contribution in [-0.2, 0) is 0 Å². The molecule has 0 spiro atoms. The average molecular weight is 469 g/mol. The number of aliphatic hydroxyl groups is 4. The molecule has 4 nitrogen and oxygen atoms in total. The van der Waals surface area contributed by atoms with Crippen molar-refractivity contribution in [1.29, 1.82) is 0 Å². The molecule has 0 fully saturated rings. The maximum absolute atomic E-state index is 9.86. The molecule has 0 heterocycles. The number of hydrogen-bond donors (Lipinski definition) is 4. The monoisotopic (exact) mass is 468 g/mol. The lowest BCUT2D eigenvalue weighted by Gasteiger charge is -2.03. The van der Waals surface area contributed by atoms with Crippen LogP contribution >= 0.6 is 0 Å². The third kappa shape index (κ3) is 23.0. The lowest BCUT2D eigenvalue weighted by atomic mass is 10.1. The highest BCUT2D eigenvalue weighted by Gasteiger charge is 1.99. The molecule has 0 bridgehead atoms. The van der Waals surface area contributed by atoms with E-state index in [1.54, 1.807) is 0 Å². The van der Waals surface area contributed by atoms with E-state index in [0.29, 0.717) is 12.8 Å². The zero-order valence-electron chi connectivity index (χ0n) is 20.7. The first kappa shape index (κ1) is 31.8. The van der Waals surface area contributed by atoms with E-state index in [0.717, 1.165) is 89.9 Å². The zero-order chi connectivity index (χ0) is 25.3. The first-order valence-corrected chi connectivity index (χ1v) is 12.8.